The van der Waals surface area contributed by atoms with Gasteiger partial charge < -0.3 is 0 Å². The van der Waals surface area contributed by atoms with Crippen molar-refractivity contribution in [3.63, 3.8) is 0 Å². The predicted octanol–water partition coefficient (Wildman–Crippen LogP) is 3.28. The second kappa shape index (κ2) is 6.21. The van der Waals surface area contributed by atoms with E-state index in [9.17, 15) is 0 Å². The van der Waals surface area contributed by atoms with Crippen LogP contribution in [0.4, 0.5) is 0 Å². The van der Waals surface area contributed by atoms with E-state index in [1.54, 1.807) is 0 Å². The van der Waals surface area contributed by atoms with Crippen LogP contribution in [0.1, 0.15) is 31.9 Å². The third kappa shape index (κ3) is 3.30. The Kier molecular flexibility index (Phi) is 4.90. The molecule has 0 saturated carbocycles. The Morgan fingerprint density at radius 1 is 1.12 bits per heavy atom. The van der Waals surface area contributed by atoms with Gasteiger partial charge in [-0.15, -0.1) is 0 Å². The molecule has 0 bridgehead atoms. The van der Waals surface area contributed by atoms with Crippen LogP contribution in [0, 0.1) is 6.92 Å². The zero-order valence-corrected chi connectivity index (χ0v) is 10.6. The van der Waals surface area contributed by atoms with Crippen molar-refractivity contribution in [1.82, 2.24) is 0 Å². The average Bonchev–Trinajstić information content (AvgIpc) is 2.32. The van der Waals surface area contributed by atoms with Crippen molar-refractivity contribution in [2.45, 2.75) is 33.7 Å². The first-order chi connectivity index (χ1) is 7.75. The van der Waals surface area contributed by atoms with Crippen molar-refractivity contribution in [3.8, 4) is 0 Å². The zero-order valence-electron chi connectivity index (χ0n) is 10.6. The van der Waals surface area contributed by atoms with Crippen LogP contribution in [0.15, 0.2) is 34.3 Å². The highest BCUT2D eigenvalue weighted by Crippen LogP contribution is 2.07. The summed E-state index contributed by atoms with van der Waals surface area (Å²) in [6.07, 6.45) is 1.87. The van der Waals surface area contributed by atoms with Crippen LogP contribution in [0.3, 0.4) is 0 Å². The zero-order chi connectivity index (χ0) is 12.0. The lowest BCUT2D eigenvalue weighted by Crippen LogP contribution is -2.16. The van der Waals surface area contributed by atoms with Gasteiger partial charge in [0.25, 0.3) is 0 Å². The summed E-state index contributed by atoms with van der Waals surface area (Å²) in [5.41, 5.74) is 3.43. The molecule has 1 heterocycles. The van der Waals surface area contributed by atoms with E-state index in [1.165, 1.54) is 5.56 Å². The van der Waals surface area contributed by atoms with Gasteiger partial charge in [-0.25, -0.2) is 0 Å². The molecule has 16 heavy (non-hydrogen) atoms. The van der Waals surface area contributed by atoms with Crippen LogP contribution in [0.25, 0.3) is 0 Å². The first kappa shape index (κ1) is 12.6. The Bertz CT molecular complexity index is 374. The van der Waals surface area contributed by atoms with E-state index in [1.807, 2.05) is 20.1 Å². The maximum atomic E-state index is 4.55. The molecule has 1 aromatic rings. The van der Waals surface area contributed by atoms with Gasteiger partial charge in [0.1, 0.15) is 0 Å². The Morgan fingerprint density at radius 2 is 1.75 bits per heavy atom. The van der Waals surface area contributed by atoms with Gasteiger partial charge in [0, 0.05) is 11.8 Å². The number of aliphatic imine (C=N–C) groups is 2. The van der Waals surface area contributed by atoms with Crippen LogP contribution in [0.5, 0.6) is 0 Å². The summed E-state index contributed by atoms with van der Waals surface area (Å²) in [5.74, 6) is 0. The predicted molar refractivity (Wildman–Crippen MR) is 71.9 cm³/mol. The molecule has 2 heteroatoms. The SMILES string of the molecule is CC.Cc1ccc(C2=NC(C)CN=C2)cc1. The fourth-order valence-corrected chi connectivity index (χ4v) is 1.48. The molecular weight excluding hydrogens is 196 g/mol. The number of nitrogens with zero attached hydrogens (tertiary/aromatic N) is 2. The van der Waals surface area contributed by atoms with Crippen molar-refractivity contribution in [3.05, 3.63) is 35.4 Å². The van der Waals surface area contributed by atoms with Crippen LogP contribution < -0.4 is 0 Å². The molecule has 1 atom stereocenters. The molecule has 0 spiro atoms. The van der Waals surface area contributed by atoms with Crippen LogP contribution in [-0.2, 0) is 0 Å². The van der Waals surface area contributed by atoms with Gasteiger partial charge >= 0.3 is 0 Å². The second-order valence-corrected chi connectivity index (χ2v) is 3.72. The van der Waals surface area contributed by atoms with Crippen LogP contribution >= 0.6 is 0 Å². The fourth-order valence-electron chi connectivity index (χ4n) is 1.48. The van der Waals surface area contributed by atoms with Gasteiger partial charge in [-0.05, 0) is 13.8 Å². The molecule has 0 fully saturated rings. The summed E-state index contributed by atoms with van der Waals surface area (Å²) in [7, 11) is 0. The molecule has 0 N–H and O–H groups in total. The van der Waals surface area contributed by atoms with Gasteiger partial charge in [0.2, 0.25) is 0 Å². The Hall–Kier alpha value is -1.44. The standard InChI is InChI=1S/C12H14N2.C2H6/c1-9-3-5-11(6-4-9)12-8-13-7-10(2)14-12;1-2/h3-6,8,10H,7H2,1-2H3;1-2H3. The molecule has 0 amide bonds. The third-order valence-corrected chi connectivity index (χ3v) is 2.29. The first-order valence-electron chi connectivity index (χ1n) is 5.90. The van der Waals surface area contributed by atoms with Crippen molar-refractivity contribution in [2.24, 2.45) is 9.98 Å². The van der Waals surface area contributed by atoms with E-state index in [2.05, 4.69) is 48.1 Å². The van der Waals surface area contributed by atoms with Crippen LogP contribution in [-0.4, -0.2) is 24.5 Å². The molecule has 0 aliphatic carbocycles. The Morgan fingerprint density at radius 3 is 2.31 bits per heavy atom. The Balaban J connectivity index is 0.000000606. The van der Waals surface area contributed by atoms with Gasteiger partial charge in [-0.2, -0.15) is 0 Å². The lowest BCUT2D eigenvalue weighted by molar-refractivity contribution is 0.752. The number of benzene rings is 1. The summed E-state index contributed by atoms with van der Waals surface area (Å²) < 4.78 is 0. The number of rotatable bonds is 1. The molecule has 0 aromatic heterocycles. The monoisotopic (exact) mass is 216 g/mol. The molecule has 0 saturated heterocycles. The first-order valence-corrected chi connectivity index (χ1v) is 5.90. The highest BCUT2D eigenvalue weighted by atomic mass is 14.9. The lowest BCUT2D eigenvalue weighted by atomic mass is 10.1. The fraction of sp³-hybridized carbons (Fsp3) is 0.429. The maximum Gasteiger partial charge on any atom is 0.0828 e. The molecule has 1 aliphatic rings. The summed E-state index contributed by atoms with van der Waals surface area (Å²) in [6.45, 7) is 8.99. The number of aryl methyl sites for hydroxylation is 1. The minimum Gasteiger partial charge on any atom is -0.289 e. The Labute approximate surface area is 98.1 Å². The van der Waals surface area contributed by atoms with Crippen LogP contribution in [0.2, 0.25) is 0 Å². The summed E-state index contributed by atoms with van der Waals surface area (Å²) in [6, 6.07) is 8.71. The molecular formula is C14H20N2. The highest BCUT2D eigenvalue weighted by Gasteiger charge is 2.07. The van der Waals surface area contributed by atoms with Crippen molar-refractivity contribution in [1.29, 1.82) is 0 Å². The third-order valence-electron chi connectivity index (χ3n) is 2.29. The smallest absolute Gasteiger partial charge is 0.0828 e. The van der Waals surface area contributed by atoms with E-state index in [-0.39, 0.29) is 0 Å². The van der Waals surface area contributed by atoms with Gasteiger partial charge in [0.05, 0.1) is 18.3 Å². The maximum absolute atomic E-state index is 4.55. The molecule has 0 radical (unpaired) electrons. The van der Waals surface area contributed by atoms with E-state index in [4.69, 9.17) is 0 Å². The topological polar surface area (TPSA) is 24.7 Å². The molecule has 1 aliphatic heterocycles. The summed E-state index contributed by atoms with van der Waals surface area (Å²) in [4.78, 5) is 8.83. The quantitative estimate of drug-likeness (QED) is 0.688. The minimum absolute atomic E-state index is 0.316. The van der Waals surface area contributed by atoms with Crippen molar-refractivity contribution >= 4 is 11.9 Å². The normalized spacial score (nSPS) is 18.5. The number of hydrogen-bond donors (Lipinski definition) is 0. The average molecular weight is 216 g/mol. The molecule has 2 nitrogen and oxygen atoms in total. The molecule has 86 valence electrons. The minimum atomic E-state index is 0.316. The van der Waals surface area contributed by atoms with Gasteiger partial charge in [-0.3, -0.25) is 9.98 Å². The molecule has 2 rings (SSSR count). The highest BCUT2D eigenvalue weighted by molar-refractivity contribution is 6.38. The van der Waals surface area contributed by atoms with E-state index < -0.39 is 0 Å². The van der Waals surface area contributed by atoms with Crippen molar-refractivity contribution < 1.29 is 0 Å². The van der Waals surface area contributed by atoms with Gasteiger partial charge in [-0.1, -0.05) is 43.7 Å². The summed E-state index contributed by atoms with van der Waals surface area (Å²) >= 11 is 0. The van der Waals surface area contributed by atoms with E-state index in [0.29, 0.717) is 6.04 Å². The second-order valence-electron chi connectivity index (χ2n) is 3.72. The number of hydrogen-bond acceptors (Lipinski definition) is 2. The van der Waals surface area contributed by atoms with E-state index >= 15 is 0 Å². The summed E-state index contributed by atoms with van der Waals surface area (Å²) in [5, 5.41) is 0. The largest absolute Gasteiger partial charge is 0.289 e. The van der Waals surface area contributed by atoms with Gasteiger partial charge in [0.15, 0.2) is 0 Å². The lowest BCUT2D eigenvalue weighted by Gasteiger charge is -2.11. The van der Waals surface area contributed by atoms with Crippen molar-refractivity contribution in [2.75, 3.05) is 6.54 Å². The molecule has 1 unspecified atom stereocenters. The molecule has 1 aromatic carbocycles. The van der Waals surface area contributed by atoms with E-state index in [0.717, 1.165) is 17.8 Å².